The van der Waals surface area contributed by atoms with Crippen LogP contribution >= 0.6 is 0 Å². The Labute approximate surface area is 152 Å². The predicted octanol–water partition coefficient (Wildman–Crippen LogP) is 2.24. The third-order valence-corrected chi connectivity index (χ3v) is 3.89. The van der Waals surface area contributed by atoms with Crippen LogP contribution in [0.15, 0.2) is 48.5 Å². The minimum atomic E-state index is -0.372. The van der Waals surface area contributed by atoms with E-state index in [2.05, 4.69) is 10.6 Å². The van der Waals surface area contributed by atoms with E-state index in [4.69, 9.17) is 4.74 Å². The predicted molar refractivity (Wildman–Crippen MR) is 97.4 cm³/mol. The summed E-state index contributed by atoms with van der Waals surface area (Å²) >= 11 is 0. The standard InChI is InChI=1S/C20H23FN2O3/c1-26-17-8-6-15(7-9-17)10-12-22-19(24)14-20(25)23-13-11-16-4-2-3-5-18(16)21/h2-9H,10-14H2,1H3,(H,22,24)(H,23,25). The molecule has 0 unspecified atom stereocenters. The minimum absolute atomic E-state index is 0.236. The molecule has 138 valence electrons. The molecule has 0 heterocycles. The molecular formula is C20H23FN2O3. The molecule has 26 heavy (non-hydrogen) atoms. The lowest BCUT2D eigenvalue weighted by Crippen LogP contribution is -2.33. The van der Waals surface area contributed by atoms with Gasteiger partial charge in [0.1, 0.15) is 18.0 Å². The van der Waals surface area contributed by atoms with Crippen LogP contribution in [0, 0.1) is 5.82 Å². The molecule has 0 aliphatic carbocycles. The highest BCUT2D eigenvalue weighted by Crippen LogP contribution is 2.11. The van der Waals surface area contributed by atoms with Crippen molar-refractivity contribution in [2.24, 2.45) is 0 Å². The Hall–Kier alpha value is -2.89. The Balaban J connectivity index is 1.62. The highest BCUT2D eigenvalue weighted by Gasteiger charge is 2.09. The first-order chi connectivity index (χ1) is 12.6. The number of nitrogens with one attached hydrogen (secondary N) is 2. The van der Waals surface area contributed by atoms with Gasteiger partial charge in [0.15, 0.2) is 0 Å². The van der Waals surface area contributed by atoms with E-state index in [9.17, 15) is 14.0 Å². The van der Waals surface area contributed by atoms with Crippen molar-refractivity contribution in [1.29, 1.82) is 0 Å². The monoisotopic (exact) mass is 358 g/mol. The highest BCUT2D eigenvalue weighted by molar-refractivity contribution is 5.96. The summed E-state index contributed by atoms with van der Waals surface area (Å²) in [5, 5.41) is 5.35. The zero-order valence-electron chi connectivity index (χ0n) is 14.8. The number of methoxy groups -OCH3 is 1. The van der Waals surface area contributed by atoms with Crippen molar-refractivity contribution in [1.82, 2.24) is 10.6 Å². The Morgan fingerprint density at radius 1 is 0.923 bits per heavy atom. The first-order valence-electron chi connectivity index (χ1n) is 8.48. The van der Waals surface area contributed by atoms with Gasteiger partial charge in [-0.3, -0.25) is 9.59 Å². The molecule has 6 heteroatoms. The molecule has 2 amide bonds. The van der Waals surface area contributed by atoms with E-state index in [-0.39, 0.29) is 24.1 Å². The molecule has 0 aliphatic heterocycles. The fourth-order valence-electron chi connectivity index (χ4n) is 2.45. The molecule has 0 aliphatic rings. The summed E-state index contributed by atoms with van der Waals surface area (Å²) in [6, 6.07) is 14.0. The molecule has 0 saturated heterocycles. The zero-order chi connectivity index (χ0) is 18.8. The molecule has 0 fully saturated rings. The van der Waals surface area contributed by atoms with Crippen LogP contribution in [0.3, 0.4) is 0 Å². The van der Waals surface area contributed by atoms with Gasteiger partial charge < -0.3 is 15.4 Å². The van der Waals surface area contributed by atoms with Crippen LogP contribution < -0.4 is 15.4 Å². The Kier molecular flexibility index (Phi) is 7.61. The molecule has 0 bridgehead atoms. The molecule has 0 atom stereocenters. The van der Waals surface area contributed by atoms with Crippen LogP contribution in [0.5, 0.6) is 5.75 Å². The van der Waals surface area contributed by atoms with Gasteiger partial charge in [-0.05, 0) is 42.2 Å². The lowest BCUT2D eigenvalue weighted by atomic mass is 10.1. The van der Waals surface area contributed by atoms with Crippen molar-refractivity contribution < 1.29 is 18.7 Å². The van der Waals surface area contributed by atoms with E-state index < -0.39 is 0 Å². The van der Waals surface area contributed by atoms with Crippen molar-refractivity contribution in [3.8, 4) is 5.75 Å². The van der Waals surface area contributed by atoms with Crippen LogP contribution in [0.4, 0.5) is 4.39 Å². The van der Waals surface area contributed by atoms with Crippen molar-refractivity contribution >= 4 is 11.8 Å². The SMILES string of the molecule is COc1ccc(CCNC(=O)CC(=O)NCCc2ccccc2F)cc1. The highest BCUT2D eigenvalue weighted by atomic mass is 19.1. The van der Waals surface area contributed by atoms with Gasteiger partial charge in [-0.2, -0.15) is 0 Å². The van der Waals surface area contributed by atoms with E-state index in [1.807, 2.05) is 24.3 Å². The summed E-state index contributed by atoms with van der Waals surface area (Å²) in [5.41, 5.74) is 1.61. The van der Waals surface area contributed by atoms with Crippen LogP contribution in [0.1, 0.15) is 17.5 Å². The Morgan fingerprint density at radius 2 is 1.54 bits per heavy atom. The Morgan fingerprint density at radius 3 is 2.15 bits per heavy atom. The second kappa shape index (κ2) is 10.2. The summed E-state index contributed by atoms with van der Waals surface area (Å²) in [6.45, 7) is 0.743. The quantitative estimate of drug-likeness (QED) is 0.676. The summed E-state index contributed by atoms with van der Waals surface area (Å²) in [5.74, 6) is -0.215. The first kappa shape index (κ1) is 19.4. The average molecular weight is 358 g/mol. The number of ether oxygens (including phenoxy) is 1. The van der Waals surface area contributed by atoms with Crippen LogP contribution in [0.25, 0.3) is 0 Å². The van der Waals surface area contributed by atoms with E-state index in [1.165, 1.54) is 6.07 Å². The second-order valence-electron chi connectivity index (χ2n) is 5.82. The molecule has 0 spiro atoms. The Bertz CT molecular complexity index is 732. The maximum Gasteiger partial charge on any atom is 0.229 e. The maximum absolute atomic E-state index is 13.5. The number of amides is 2. The minimum Gasteiger partial charge on any atom is -0.497 e. The number of benzene rings is 2. The van der Waals surface area contributed by atoms with Gasteiger partial charge in [0.25, 0.3) is 0 Å². The van der Waals surface area contributed by atoms with E-state index in [1.54, 1.807) is 25.3 Å². The van der Waals surface area contributed by atoms with Crippen molar-refractivity contribution in [3.05, 3.63) is 65.5 Å². The maximum atomic E-state index is 13.5. The summed E-state index contributed by atoms with van der Waals surface area (Å²) in [7, 11) is 1.61. The van der Waals surface area contributed by atoms with E-state index in [0.29, 0.717) is 31.5 Å². The molecule has 2 aromatic rings. The smallest absolute Gasteiger partial charge is 0.229 e. The van der Waals surface area contributed by atoms with Crippen molar-refractivity contribution in [2.45, 2.75) is 19.3 Å². The van der Waals surface area contributed by atoms with E-state index >= 15 is 0 Å². The van der Waals surface area contributed by atoms with Crippen LogP contribution in [0.2, 0.25) is 0 Å². The van der Waals surface area contributed by atoms with Crippen LogP contribution in [-0.2, 0) is 22.4 Å². The molecule has 5 nitrogen and oxygen atoms in total. The van der Waals surface area contributed by atoms with Gasteiger partial charge in [-0.15, -0.1) is 0 Å². The van der Waals surface area contributed by atoms with Crippen molar-refractivity contribution in [3.63, 3.8) is 0 Å². The van der Waals surface area contributed by atoms with E-state index in [0.717, 1.165) is 11.3 Å². The van der Waals surface area contributed by atoms with Gasteiger partial charge in [0.2, 0.25) is 11.8 Å². The number of carbonyl (C=O) groups is 2. The molecule has 0 aromatic heterocycles. The summed E-state index contributed by atoms with van der Waals surface area (Å²) in [4.78, 5) is 23.5. The molecule has 2 N–H and O–H groups in total. The van der Waals surface area contributed by atoms with Gasteiger partial charge in [0.05, 0.1) is 7.11 Å². The van der Waals surface area contributed by atoms with Crippen molar-refractivity contribution in [2.75, 3.05) is 20.2 Å². The number of halogens is 1. The fourth-order valence-corrected chi connectivity index (χ4v) is 2.45. The summed E-state index contributed by atoms with van der Waals surface area (Å²) < 4.78 is 18.5. The lowest BCUT2D eigenvalue weighted by molar-refractivity contribution is -0.129. The zero-order valence-corrected chi connectivity index (χ0v) is 14.8. The summed E-state index contributed by atoms with van der Waals surface area (Å²) in [6.07, 6.45) is 0.821. The fraction of sp³-hybridized carbons (Fsp3) is 0.300. The van der Waals surface area contributed by atoms with Gasteiger partial charge >= 0.3 is 0 Å². The number of hydrogen-bond donors (Lipinski definition) is 2. The third-order valence-electron chi connectivity index (χ3n) is 3.89. The third kappa shape index (κ3) is 6.55. The topological polar surface area (TPSA) is 67.4 Å². The van der Waals surface area contributed by atoms with Gasteiger partial charge in [-0.1, -0.05) is 30.3 Å². The molecule has 2 rings (SSSR count). The molecule has 0 saturated carbocycles. The molecule has 0 radical (unpaired) electrons. The van der Waals surface area contributed by atoms with Gasteiger partial charge in [-0.25, -0.2) is 4.39 Å². The van der Waals surface area contributed by atoms with Gasteiger partial charge in [0, 0.05) is 13.1 Å². The molecule has 2 aromatic carbocycles. The number of carbonyl (C=O) groups excluding carboxylic acids is 2. The average Bonchev–Trinajstić information content (AvgIpc) is 2.64. The lowest BCUT2D eigenvalue weighted by Gasteiger charge is -2.08. The number of hydrogen-bond acceptors (Lipinski definition) is 3. The molecular weight excluding hydrogens is 335 g/mol. The van der Waals surface area contributed by atoms with Crippen LogP contribution in [-0.4, -0.2) is 32.0 Å². The normalized spacial score (nSPS) is 10.2. The first-order valence-corrected chi connectivity index (χ1v) is 8.48. The largest absolute Gasteiger partial charge is 0.497 e. The second-order valence-corrected chi connectivity index (χ2v) is 5.82. The number of rotatable bonds is 9.